The summed E-state index contributed by atoms with van der Waals surface area (Å²) in [5, 5.41) is 10.9. The molecule has 2 aromatic carbocycles. The topological polar surface area (TPSA) is 37.6 Å². The van der Waals surface area contributed by atoms with Crippen molar-refractivity contribution in [3.63, 3.8) is 0 Å². The number of nitrogens with zero attached hydrogens (tertiary/aromatic N) is 2. The Kier molecular flexibility index (Phi) is 8.19. The van der Waals surface area contributed by atoms with Crippen LogP contribution in [0.15, 0.2) is 66.9 Å². The minimum absolute atomic E-state index is 0.207. The van der Waals surface area contributed by atoms with Crippen LogP contribution in [0.5, 0.6) is 5.75 Å². The van der Waals surface area contributed by atoms with E-state index in [0.29, 0.717) is 19.1 Å². The number of aliphatic hydroxyl groups is 1. The summed E-state index contributed by atoms with van der Waals surface area (Å²) in [5.74, 6) is 0.617. The zero-order chi connectivity index (χ0) is 23.0. The van der Waals surface area contributed by atoms with E-state index >= 15 is 0 Å². The Labute approximate surface area is 196 Å². The first kappa shape index (κ1) is 23.5. The number of hydrogen-bond donors (Lipinski definition) is 1. The van der Waals surface area contributed by atoms with Crippen LogP contribution in [-0.2, 0) is 13.1 Å². The molecule has 1 fully saturated rings. The predicted octanol–water partition coefficient (Wildman–Crippen LogP) is 5.56. The molecule has 4 rings (SSSR count). The van der Waals surface area contributed by atoms with E-state index in [-0.39, 0.29) is 12.4 Å². The van der Waals surface area contributed by atoms with Gasteiger partial charge in [-0.25, -0.2) is 4.39 Å². The van der Waals surface area contributed by atoms with E-state index in [1.165, 1.54) is 31.0 Å². The summed E-state index contributed by atoms with van der Waals surface area (Å²) in [4.78, 5) is 2.42. The molecule has 33 heavy (non-hydrogen) atoms. The highest BCUT2D eigenvalue weighted by Gasteiger charge is 2.24. The number of aromatic nitrogens is 1. The summed E-state index contributed by atoms with van der Waals surface area (Å²) in [5.41, 5.74) is 3.20. The molecule has 1 aliphatic carbocycles. The Hall–Kier alpha value is -2.63. The largest absolute Gasteiger partial charge is 0.491 e. The Balaban J connectivity index is 1.43. The van der Waals surface area contributed by atoms with Crippen LogP contribution < -0.4 is 4.74 Å². The maximum atomic E-state index is 13.7. The molecule has 1 saturated carbocycles. The predicted molar refractivity (Wildman–Crippen MR) is 130 cm³/mol. The molecule has 1 heterocycles. The van der Waals surface area contributed by atoms with Crippen molar-refractivity contribution < 1.29 is 14.2 Å². The number of benzene rings is 2. The molecule has 0 radical (unpaired) electrons. The fourth-order valence-electron chi connectivity index (χ4n) is 4.80. The lowest BCUT2D eigenvalue weighted by atomic mass is 9.94. The van der Waals surface area contributed by atoms with Gasteiger partial charge in [-0.05, 0) is 61.2 Å². The van der Waals surface area contributed by atoms with Gasteiger partial charge in [0.25, 0.3) is 0 Å². The normalized spacial score (nSPS) is 15.6. The van der Waals surface area contributed by atoms with E-state index < -0.39 is 6.10 Å². The van der Waals surface area contributed by atoms with E-state index in [0.717, 1.165) is 36.3 Å². The Morgan fingerprint density at radius 2 is 1.88 bits per heavy atom. The third-order valence-electron chi connectivity index (χ3n) is 6.59. The first-order valence-electron chi connectivity index (χ1n) is 12.1. The van der Waals surface area contributed by atoms with Gasteiger partial charge in [0.2, 0.25) is 0 Å². The smallest absolute Gasteiger partial charge is 0.123 e. The van der Waals surface area contributed by atoms with Gasteiger partial charge in [-0.15, -0.1) is 0 Å². The van der Waals surface area contributed by atoms with Crippen LogP contribution in [-0.4, -0.2) is 39.9 Å². The molecule has 5 heteroatoms. The number of para-hydroxylation sites is 1. The van der Waals surface area contributed by atoms with Gasteiger partial charge in [0.15, 0.2) is 0 Å². The van der Waals surface area contributed by atoms with Crippen molar-refractivity contribution >= 4 is 0 Å². The lowest BCUT2D eigenvalue weighted by molar-refractivity contribution is 0.0387. The lowest BCUT2D eigenvalue weighted by Gasteiger charge is -2.35. The lowest BCUT2D eigenvalue weighted by Crippen LogP contribution is -2.43. The minimum atomic E-state index is -0.571. The molecule has 0 amide bonds. The monoisotopic (exact) mass is 450 g/mol. The molecule has 1 aromatic heterocycles. The summed E-state index contributed by atoms with van der Waals surface area (Å²) in [6, 6.07) is 19.3. The van der Waals surface area contributed by atoms with Gasteiger partial charge >= 0.3 is 0 Å². The van der Waals surface area contributed by atoms with Crippen molar-refractivity contribution in [2.75, 3.05) is 13.2 Å². The number of hydrogen-bond acceptors (Lipinski definition) is 3. The minimum Gasteiger partial charge on any atom is -0.491 e. The number of aliphatic hydroxyl groups excluding tert-OH is 1. The third-order valence-corrected chi connectivity index (χ3v) is 6.59. The van der Waals surface area contributed by atoms with Crippen molar-refractivity contribution in [2.45, 2.75) is 64.3 Å². The second-order valence-electron chi connectivity index (χ2n) is 9.21. The zero-order valence-electron chi connectivity index (χ0n) is 19.5. The van der Waals surface area contributed by atoms with Gasteiger partial charge in [0.1, 0.15) is 24.3 Å². The van der Waals surface area contributed by atoms with Crippen molar-refractivity contribution in [1.29, 1.82) is 0 Å². The molecule has 0 bridgehead atoms. The van der Waals surface area contributed by atoms with Crippen LogP contribution in [0, 0.1) is 12.7 Å². The maximum absolute atomic E-state index is 13.7. The van der Waals surface area contributed by atoms with Crippen molar-refractivity contribution in [3.8, 4) is 5.75 Å². The van der Waals surface area contributed by atoms with Crippen LogP contribution in [0.25, 0.3) is 0 Å². The van der Waals surface area contributed by atoms with Crippen molar-refractivity contribution in [2.24, 2.45) is 0 Å². The first-order chi connectivity index (χ1) is 16.1. The molecule has 0 aliphatic heterocycles. The molecular weight excluding hydrogens is 415 g/mol. The Morgan fingerprint density at radius 1 is 1.06 bits per heavy atom. The highest BCUT2D eigenvalue weighted by molar-refractivity contribution is 5.31. The van der Waals surface area contributed by atoms with Gasteiger partial charge in [-0.2, -0.15) is 0 Å². The van der Waals surface area contributed by atoms with Gasteiger partial charge in [0.05, 0.1) is 0 Å². The maximum Gasteiger partial charge on any atom is 0.123 e. The van der Waals surface area contributed by atoms with E-state index in [1.807, 2.05) is 43.3 Å². The first-order valence-corrected chi connectivity index (χ1v) is 12.1. The van der Waals surface area contributed by atoms with E-state index in [2.05, 4.69) is 21.7 Å². The van der Waals surface area contributed by atoms with Gasteiger partial charge in [0, 0.05) is 37.6 Å². The molecule has 1 aliphatic rings. The van der Waals surface area contributed by atoms with Crippen LogP contribution in [0.2, 0.25) is 0 Å². The van der Waals surface area contributed by atoms with Crippen LogP contribution >= 0.6 is 0 Å². The molecule has 1 N–H and O–H groups in total. The summed E-state index contributed by atoms with van der Waals surface area (Å²) in [6.45, 7) is 4.26. The number of halogens is 1. The molecule has 4 nitrogen and oxygen atoms in total. The second-order valence-corrected chi connectivity index (χ2v) is 9.21. The van der Waals surface area contributed by atoms with Crippen molar-refractivity contribution in [1.82, 2.24) is 9.47 Å². The number of rotatable bonds is 10. The molecule has 0 spiro atoms. The standard InChI is InChI=1S/C28H35FN2O2/c1-22-9-5-6-15-28(22)33-21-27(32)20-31(25-12-3-2-4-13-25)19-26-14-8-16-30(26)18-23-10-7-11-24(29)17-23/h5-11,14-17,25,27,32H,2-4,12-13,18-21H2,1H3. The zero-order valence-corrected chi connectivity index (χ0v) is 19.5. The summed E-state index contributed by atoms with van der Waals surface area (Å²) in [6.07, 6.45) is 7.57. The van der Waals surface area contributed by atoms with E-state index in [9.17, 15) is 9.50 Å². The van der Waals surface area contributed by atoms with Gasteiger partial charge in [-0.3, -0.25) is 4.90 Å². The summed E-state index contributed by atoms with van der Waals surface area (Å²) >= 11 is 0. The molecular formula is C28H35FN2O2. The molecule has 1 atom stereocenters. The van der Waals surface area contributed by atoms with Gasteiger partial charge < -0.3 is 14.4 Å². The molecule has 176 valence electrons. The number of aryl methyl sites for hydroxylation is 1. The Morgan fingerprint density at radius 3 is 2.67 bits per heavy atom. The molecule has 3 aromatic rings. The summed E-state index contributed by atoms with van der Waals surface area (Å²) in [7, 11) is 0. The van der Waals surface area contributed by atoms with Crippen LogP contribution in [0.1, 0.15) is 48.9 Å². The highest BCUT2D eigenvalue weighted by atomic mass is 19.1. The SMILES string of the molecule is Cc1ccccc1OCC(O)CN(Cc1cccn1Cc1cccc(F)c1)C1CCCCC1. The highest BCUT2D eigenvalue weighted by Crippen LogP contribution is 2.25. The molecule has 1 unspecified atom stereocenters. The average Bonchev–Trinajstić information content (AvgIpc) is 3.25. The molecule has 0 saturated heterocycles. The quantitative estimate of drug-likeness (QED) is 0.440. The van der Waals surface area contributed by atoms with Crippen LogP contribution in [0.3, 0.4) is 0 Å². The van der Waals surface area contributed by atoms with E-state index in [4.69, 9.17) is 4.74 Å². The van der Waals surface area contributed by atoms with Gasteiger partial charge in [-0.1, -0.05) is 49.6 Å². The second kappa shape index (κ2) is 11.5. The van der Waals surface area contributed by atoms with Crippen LogP contribution in [0.4, 0.5) is 4.39 Å². The summed E-state index contributed by atoms with van der Waals surface area (Å²) < 4.78 is 21.8. The fraction of sp³-hybridized carbons (Fsp3) is 0.429. The van der Waals surface area contributed by atoms with E-state index in [1.54, 1.807) is 12.1 Å². The van der Waals surface area contributed by atoms with Crippen molar-refractivity contribution in [3.05, 3.63) is 89.5 Å². The number of ether oxygens (including phenoxy) is 1. The average molecular weight is 451 g/mol. The Bertz CT molecular complexity index is 1010. The third kappa shape index (κ3) is 6.68. The fourth-order valence-corrected chi connectivity index (χ4v) is 4.80.